The van der Waals surface area contributed by atoms with Crippen LogP contribution in [0.1, 0.15) is 25.0 Å². The first kappa shape index (κ1) is 32.1. The summed E-state index contributed by atoms with van der Waals surface area (Å²) in [6.45, 7) is 4.71. The highest BCUT2D eigenvalue weighted by atomic mass is 15.1. The van der Waals surface area contributed by atoms with Gasteiger partial charge in [0.15, 0.2) is 0 Å². The summed E-state index contributed by atoms with van der Waals surface area (Å²) in [6, 6.07) is 71.8. The standard InChI is InChI=1S/C55H38N2/c1-55(2)47-18-8-6-16-45(47)53-48(55)19-11-21-51(53)56(40-28-22-36(23-29-40)35-12-4-3-5-13-35)41-30-24-37(25-31-41)39-27-33-50-46(34-39)44-32-26-38-14-10-17-43-42-15-7-9-20-49(42)57(50)54(44)52(38)43/h3-34H,1-2H3. The highest BCUT2D eigenvalue weighted by molar-refractivity contribution is 6.28. The second kappa shape index (κ2) is 11.9. The van der Waals surface area contributed by atoms with Crippen molar-refractivity contribution in [2.75, 3.05) is 4.90 Å². The number of fused-ring (bicyclic) bond motifs is 9. The van der Waals surface area contributed by atoms with E-state index < -0.39 is 0 Å². The Kier molecular flexibility index (Phi) is 6.72. The van der Waals surface area contributed by atoms with Crippen molar-refractivity contribution in [3.8, 4) is 33.4 Å². The molecular formula is C55H38N2. The van der Waals surface area contributed by atoms with E-state index >= 15 is 0 Å². The van der Waals surface area contributed by atoms with Crippen LogP contribution in [-0.2, 0) is 5.41 Å². The van der Waals surface area contributed by atoms with Gasteiger partial charge in [0.25, 0.3) is 0 Å². The number of rotatable bonds is 5. The Bertz CT molecular complexity index is 3340. The summed E-state index contributed by atoms with van der Waals surface area (Å²) >= 11 is 0. The van der Waals surface area contributed by atoms with E-state index in [-0.39, 0.29) is 5.41 Å². The van der Waals surface area contributed by atoms with Crippen molar-refractivity contribution in [3.63, 3.8) is 0 Å². The molecule has 2 nitrogen and oxygen atoms in total. The highest BCUT2D eigenvalue weighted by Crippen LogP contribution is 2.54. The molecule has 0 radical (unpaired) electrons. The molecule has 0 bridgehead atoms. The normalized spacial score (nSPS) is 13.2. The molecule has 11 aromatic rings. The summed E-state index contributed by atoms with van der Waals surface area (Å²) in [7, 11) is 0. The maximum Gasteiger partial charge on any atom is 0.0625 e. The summed E-state index contributed by atoms with van der Waals surface area (Å²) in [5.74, 6) is 0. The van der Waals surface area contributed by atoms with Gasteiger partial charge >= 0.3 is 0 Å². The predicted molar refractivity (Wildman–Crippen MR) is 242 cm³/mol. The zero-order chi connectivity index (χ0) is 37.8. The van der Waals surface area contributed by atoms with E-state index in [9.17, 15) is 0 Å². The van der Waals surface area contributed by atoms with E-state index in [1.54, 1.807) is 0 Å². The molecule has 0 unspecified atom stereocenters. The largest absolute Gasteiger partial charge is 0.310 e. The number of hydrogen-bond donors (Lipinski definition) is 0. The van der Waals surface area contributed by atoms with Gasteiger partial charge in [-0.2, -0.15) is 0 Å². The second-order valence-corrected chi connectivity index (χ2v) is 16.1. The second-order valence-electron chi connectivity index (χ2n) is 16.1. The minimum atomic E-state index is -0.0914. The fourth-order valence-electron chi connectivity index (χ4n) is 10.0. The first-order chi connectivity index (χ1) is 28.0. The monoisotopic (exact) mass is 726 g/mol. The van der Waals surface area contributed by atoms with Crippen molar-refractivity contribution in [3.05, 3.63) is 205 Å². The topological polar surface area (TPSA) is 7.65 Å². The zero-order valence-corrected chi connectivity index (χ0v) is 31.9. The molecule has 0 fully saturated rings. The van der Waals surface area contributed by atoms with E-state index in [4.69, 9.17) is 0 Å². The van der Waals surface area contributed by atoms with Gasteiger partial charge < -0.3 is 9.30 Å². The third-order valence-corrected chi connectivity index (χ3v) is 12.7. The molecule has 0 saturated heterocycles. The lowest BCUT2D eigenvalue weighted by atomic mass is 9.82. The van der Waals surface area contributed by atoms with Crippen molar-refractivity contribution < 1.29 is 0 Å². The zero-order valence-electron chi connectivity index (χ0n) is 31.9. The molecule has 0 amide bonds. The lowest BCUT2D eigenvalue weighted by Crippen LogP contribution is -2.16. The van der Waals surface area contributed by atoms with Crippen LogP contribution in [0.4, 0.5) is 17.1 Å². The van der Waals surface area contributed by atoms with Crippen LogP contribution in [0, 0.1) is 0 Å². The number of aromatic nitrogens is 1. The first-order valence-electron chi connectivity index (χ1n) is 19.9. The molecular weight excluding hydrogens is 689 g/mol. The summed E-state index contributed by atoms with van der Waals surface area (Å²) in [5.41, 5.74) is 17.3. The van der Waals surface area contributed by atoms with Gasteiger partial charge in [-0.25, -0.2) is 0 Å². The molecule has 9 aromatic carbocycles. The highest BCUT2D eigenvalue weighted by Gasteiger charge is 2.37. The van der Waals surface area contributed by atoms with Crippen LogP contribution in [0.25, 0.3) is 82.2 Å². The van der Waals surface area contributed by atoms with Crippen molar-refractivity contribution in [2.45, 2.75) is 19.3 Å². The van der Waals surface area contributed by atoms with Crippen molar-refractivity contribution in [1.29, 1.82) is 0 Å². The quantitative estimate of drug-likeness (QED) is 0.127. The van der Waals surface area contributed by atoms with E-state index in [0.29, 0.717) is 0 Å². The van der Waals surface area contributed by atoms with Crippen LogP contribution in [0.2, 0.25) is 0 Å². The third-order valence-electron chi connectivity index (χ3n) is 12.7. The Balaban J connectivity index is 1.01. The Morgan fingerprint density at radius 1 is 0.421 bits per heavy atom. The van der Waals surface area contributed by atoms with Crippen LogP contribution in [0.15, 0.2) is 194 Å². The molecule has 2 heterocycles. The Morgan fingerprint density at radius 3 is 1.84 bits per heavy atom. The van der Waals surface area contributed by atoms with Crippen LogP contribution < -0.4 is 4.90 Å². The minimum absolute atomic E-state index is 0.0914. The molecule has 1 aliphatic carbocycles. The van der Waals surface area contributed by atoms with Crippen LogP contribution in [0.5, 0.6) is 0 Å². The summed E-state index contributed by atoms with van der Waals surface area (Å²) in [6.07, 6.45) is 0. The summed E-state index contributed by atoms with van der Waals surface area (Å²) in [5, 5.41) is 7.80. The minimum Gasteiger partial charge on any atom is -0.310 e. The summed E-state index contributed by atoms with van der Waals surface area (Å²) in [4.78, 5) is 2.45. The lowest BCUT2D eigenvalue weighted by Gasteiger charge is -2.29. The number of hydrogen-bond acceptors (Lipinski definition) is 1. The molecule has 12 rings (SSSR count). The van der Waals surface area contributed by atoms with Gasteiger partial charge in [-0.1, -0.05) is 159 Å². The maximum absolute atomic E-state index is 2.49. The summed E-state index contributed by atoms with van der Waals surface area (Å²) < 4.78 is 2.49. The van der Waals surface area contributed by atoms with Gasteiger partial charge in [-0.3, -0.25) is 0 Å². The van der Waals surface area contributed by atoms with Gasteiger partial charge in [0.1, 0.15) is 0 Å². The molecule has 2 aromatic heterocycles. The smallest absolute Gasteiger partial charge is 0.0625 e. The van der Waals surface area contributed by atoms with Gasteiger partial charge in [0.05, 0.1) is 22.2 Å². The van der Waals surface area contributed by atoms with Crippen molar-refractivity contribution >= 4 is 65.9 Å². The Labute approximate surface area is 331 Å². The number of anilines is 3. The molecule has 268 valence electrons. The average molecular weight is 727 g/mol. The molecule has 0 N–H and O–H groups in total. The SMILES string of the molecule is CC1(C)c2ccccc2-c2c(N(c3ccc(-c4ccccc4)cc3)c3ccc(-c4ccc5c(c4)c4ccc6cccc7c8ccccc8n5c4c67)cc3)cccc21. The maximum atomic E-state index is 2.49. The number of nitrogens with zero attached hydrogens (tertiary/aromatic N) is 2. The fraction of sp³-hybridized carbons (Fsp3) is 0.0545. The van der Waals surface area contributed by atoms with E-state index in [0.717, 1.165) is 11.4 Å². The fourth-order valence-corrected chi connectivity index (χ4v) is 10.0. The van der Waals surface area contributed by atoms with Crippen molar-refractivity contribution in [2.24, 2.45) is 0 Å². The Hall–Kier alpha value is -7.16. The van der Waals surface area contributed by atoms with Gasteiger partial charge in [0.2, 0.25) is 0 Å². The van der Waals surface area contributed by atoms with Crippen molar-refractivity contribution in [1.82, 2.24) is 4.40 Å². The number of para-hydroxylation sites is 1. The van der Waals surface area contributed by atoms with E-state index in [1.807, 2.05) is 0 Å². The van der Waals surface area contributed by atoms with Crippen LogP contribution in [-0.4, -0.2) is 4.40 Å². The van der Waals surface area contributed by atoms with E-state index in [1.165, 1.54) is 99.1 Å². The third kappa shape index (κ3) is 4.59. The van der Waals surface area contributed by atoms with Gasteiger partial charge in [0, 0.05) is 43.9 Å². The number of benzene rings is 9. The lowest BCUT2D eigenvalue weighted by molar-refractivity contribution is 0.660. The van der Waals surface area contributed by atoms with E-state index in [2.05, 4.69) is 217 Å². The molecule has 57 heavy (non-hydrogen) atoms. The molecule has 0 saturated carbocycles. The molecule has 2 heteroatoms. The molecule has 0 aliphatic heterocycles. The van der Waals surface area contributed by atoms with Gasteiger partial charge in [-0.05, 0) is 98.2 Å². The molecule has 0 atom stereocenters. The predicted octanol–water partition coefficient (Wildman–Crippen LogP) is 15.1. The number of pyridine rings is 1. The molecule has 0 spiro atoms. The molecule has 1 aliphatic rings. The van der Waals surface area contributed by atoms with Gasteiger partial charge in [-0.15, -0.1) is 0 Å². The van der Waals surface area contributed by atoms with Crippen LogP contribution >= 0.6 is 0 Å². The van der Waals surface area contributed by atoms with Crippen LogP contribution in [0.3, 0.4) is 0 Å². The average Bonchev–Trinajstić information content (AvgIpc) is 3.73. The Morgan fingerprint density at radius 2 is 1.04 bits per heavy atom. The first-order valence-corrected chi connectivity index (χ1v) is 19.9.